The second-order valence-electron chi connectivity index (χ2n) is 7.84. The highest BCUT2D eigenvalue weighted by Gasteiger charge is 2.31. The number of carbonyl (C=O) groups excluding carboxylic acids is 1. The Morgan fingerprint density at radius 1 is 0.939 bits per heavy atom. The number of halogens is 4. The maximum Gasteiger partial charge on any atom is 0.406 e. The van der Waals surface area contributed by atoms with Crippen LogP contribution in [0.5, 0.6) is 0 Å². The zero-order valence-corrected chi connectivity index (χ0v) is 18.4. The van der Waals surface area contributed by atoms with Crippen LogP contribution >= 0.6 is 11.6 Å². The van der Waals surface area contributed by atoms with Gasteiger partial charge in [0.15, 0.2) is 5.78 Å². The third kappa shape index (κ3) is 5.64. The number of hydrogen-bond acceptors (Lipinski definition) is 2. The number of nitrogens with one attached hydrogen (secondary N) is 1. The Kier molecular flexibility index (Phi) is 6.86. The van der Waals surface area contributed by atoms with Crippen molar-refractivity contribution in [1.82, 2.24) is 9.88 Å². The molecule has 4 rings (SSSR count). The van der Waals surface area contributed by atoms with E-state index in [0.29, 0.717) is 28.9 Å². The predicted octanol–water partition coefficient (Wildman–Crippen LogP) is 6.61. The zero-order valence-electron chi connectivity index (χ0n) is 17.6. The number of nitrogens with zero attached hydrogens (tertiary/aromatic N) is 1. The summed E-state index contributed by atoms with van der Waals surface area (Å²) in [7, 11) is 0. The van der Waals surface area contributed by atoms with Gasteiger partial charge in [0.1, 0.15) is 6.54 Å². The van der Waals surface area contributed by atoms with E-state index in [-0.39, 0.29) is 11.3 Å². The predicted molar refractivity (Wildman–Crippen MR) is 125 cm³/mol. The maximum absolute atomic E-state index is 13.7. The summed E-state index contributed by atoms with van der Waals surface area (Å²) in [6.45, 7) is -0.644. The van der Waals surface area contributed by atoms with E-state index >= 15 is 0 Å². The van der Waals surface area contributed by atoms with E-state index in [1.165, 1.54) is 6.20 Å². The lowest BCUT2D eigenvalue weighted by molar-refractivity contribution is -0.139. The van der Waals surface area contributed by atoms with Crippen LogP contribution < -0.4 is 5.32 Å². The van der Waals surface area contributed by atoms with Gasteiger partial charge in [0.05, 0.1) is 6.04 Å². The molecule has 33 heavy (non-hydrogen) atoms. The standard InChI is InChI=1S/C26H22ClF3N2O/c27-20-12-10-18(11-13-20)14-15-31-24(19-6-2-1-3-7-19)25(33)22-16-32(17-26(28,29)30)23-9-5-4-8-21(22)23/h1-13,16,24,31H,14-15,17H2/t24-/m1/s1. The molecule has 7 heteroatoms. The van der Waals surface area contributed by atoms with E-state index in [2.05, 4.69) is 5.32 Å². The average Bonchev–Trinajstić information content (AvgIpc) is 3.15. The van der Waals surface area contributed by atoms with Crippen LogP contribution in [-0.2, 0) is 13.0 Å². The molecule has 1 N–H and O–H groups in total. The van der Waals surface area contributed by atoms with Crippen LogP contribution in [0.2, 0.25) is 5.02 Å². The van der Waals surface area contributed by atoms with Crippen LogP contribution in [0.15, 0.2) is 85.1 Å². The molecule has 0 bridgehead atoms. The number of para-hydroxylation sites is 1. The Balaban J connectivity index is 1.64. The summed E-state index contributed by atoms with van der Waals surface area (Å²) in [5.41, 5.74) is 2.47. The number of fused-ring (bicyclic) bond motifs is 1. The third-order valence-corrected chi connectivity index (χ3v) is 5.73. The molecule has 0 aliphatic rings. The Labute approximate surface area is 194 Å². The van der Waals surface area contributed by atoms with Crippen LogP contribution in [-0.4, -0.2) is 23.1 Å². The number of rotatable bonds is 8. The largest absolute Gasteiger partial charge is 0.406 e. The highest BCUT2D eigenvalue weighted by atomic mass is 35.5. The summed E-state index contributed by atoms with van der Waals surface area (Å²) in [5, 5.41) is 4.46. The van der Waals surface area contributed by atoms with E-state index in [4.69, 9.17) is 11.6 Å². The Hall–Kier alpha value is -3.09. The molecule has 0 spiro atoms. The van der Waals surface area contributed by atoms with Crippen molar-refractivity contribution in [3.05, 3.63) is 107 Å². The molecule has 170 valence electrons. The number of Topliss-reactive ketones (excluding diaryl/α,β-unsaturated/α-hetero) is 1. The molecule has 3 nitrogen and oxygen atoms in total. The summed E-state index contributed by atoms with van der Waals surface area (Å²) < 4.78 is 40.5. The topological polar surface area (TPSA) is 34.0 Å². The van der Waals surface area contributed by atoms with Crippen molar-refractivity contribution in [2.75, 3.05) is 6.54 Å². The smallest absolute Gasteiger partial charge is 0.338 e. The van der Waals surface area contributed by atoms with Gasteiger partial charge >= 0.3 is 6.18 Å². The number of alkyl halides is 3. The number of aromatic nitrogens is 1. The molecule has 1 atom stereocenters. The number of benzene rings is 3. The van der Waals surface area contributed by atoms with Crippen molar-refractivity contribution in [3.63, 3.8) is 0 Å². The molecule has 0 saturated carbocycles. The fraction of sp³-hybridized carbons (Fsp3) is 0.192. The highest BCUT2D eigenvalue weighted by molar-refractivity contribution is 6.30. The molecule has 0 radical (unpaired) electrons. The number of hydrogen-bond donors (Lipinski definition) is 1. The van der Waals surface area contributed by atoms with Gasteiger partial charge in [-0.15, -0.1) is 0 Å². The molecule has 3 aromatic carbocycles. The van der Waals surface area contributed by atoms with Gasteiger partial charge < -0.3 is 9.88 Å². The van der Waals surface area contributed by atoms with E-state index in [1.807, 2.05) is 54.6 Å². The molecule has 1 aromatic heterocycles. The summed E-state index contributed by atoms with van der Waals surface area (Å²) in [6, 6.07) is 22.7. The molecule has 0 aliphatic carbocycles. The van der Waals surface area contributed by atoms with Gasteiger partial charge in [0.2, 0.25) is 0 Å². The van der Waals surface area contributed by atoms with Gasteiger partial charge in [0.25, 0.3) is 0 Å². The van der Waals surface area contributed by atoms with Crippen molar-refractivity contribution in [3.8, 4) is 0 Å². The zero-order chi connectivity index (χ0) is 23.4. The van der Waals surface area contributed by atoms with Crippen LogP contribution in [0.1, 0.15) is 27.5 Å². The molecule has 0 saturated heterocycles. The van der Waals surface area contributed by atoms with Gasteiger partial charge in [-0.2, -0.15) is 13.2 Å². The minimum absolute atomic E-state index is 0.266. The van der Waals surface area contributed by atoms with Crippen molar-refractivity contribution in [2.24, 2.45) is 0 Å². The molecule has 0 aliphatic heterocycles. The lowest BCUT2D eigenvalue weighted by Crippen LogP contribution is -2.30. The van der Waals surface area contributed by atoms with E-state index in [1.54, 1.807) is 24.3 Å². The molecule has 0 unspecified atom stereocenters. The Bertz CT molecular complexity index is 1230. The second-order valence-corrected chi connectivity index (χ2v) is 8.28. The first-order chi connectivity index (χ1) is 15.8. The summed E-state index contributed by atoms with van der Waals surface area (Å²) in [5.74, 6) is -0.269. The third-order valence-electron chi connectivity index (χ3n) is 5.47. The van der Waals surface area contributed by atoms with Gasteiger partial charge in [0, 0.05) is 34.2 Å². The summed E-state index contributed by atoms with van der Waals surface area (Å²) in [4.78, 5) is 13.7. The Morgan fingerprint density at radius 3 is 2.30 bits per heavy atom. The molecule has 0 amide bonds. The van der Waals surface area contributed by atoms with Crippen molar-refractivity contribution < 1.29 is 18.0 Å². The minimum Gasteiger partial charge on any atom is -0.338 e. The number of ketones is 1. The van der Waals surface area contributed by atoms with Crippen LogP contribution in [0.4, 0.5) is 13.2 Å². The summed E-state index contributed by atoms with van der Waals surface area (Å²) >= 11 is 5.94. The fourth-order valence-electron chi connectivity index (χ4n) is 3.94. The van der Waals surface area contributed by atoms with Crippen molar-refractivity contribution in [2.45, 2.75) is 25.2 Å². The molecular formula is C26H22ClF3N2O. The average molecular weight is 471 g/mol. The first-order valence-corrected chi connectivity index (χ1v) is 10.9. The molecular weight excluding hydrogens is 449 g/mol. The lowest BCUT2D eigenvalue weighted by Gasteiger charge is -2.18. The first kappa shape index (κ1) is 23.1. The van der Waals surface area contributed by atoms with Crippen molar-refractivity contribution >= 4 is 28.3 Å². The monoisotopic (exact) mass is 470 g/mol. The lowest BCUT2D eigenvalue weighted by atomic mass is 9.96. The molecule has 1 heterocycles. The summed E-state index contributed by atoms with van der Waals surface area (Å²) in [6.07, 6.45) is -2.40. The van der Waals surface area contributed by atoms with E-state index < -0.39 is 18.8 Å². The fourth-order valence-corrected chi connectivity index (χ4v) is 4.07. The van der Waals surface area contributed by atoms with Gasteiger partial charge in [-0.1, -0.05) is 72.3 Å². The SMILES string of the molecule is O=C(c1cn(CC(F)(F)F)c2ccccc12)[C@H](NCCc1ccc(Cl)cc1)c1ccccc1. The van der Waals surface area contributed by atoms with Crippen LogP contribution in [0.3, 0.4) is 0 Å². The minimum atomic E-state index is -4.39. The van der Waals surface area contributed by atoms with Crippen molar-refractivity contribution in [1.29, 1.82) is 0 Å². The van der Waals surface area contributed by atoms with Gasteiger partial charge in [-0.25, -0.2) is 0 Å². The quantitative estimate of drug-likeness (QED) is 0.294. The van der Waals surface area contributed by atoms with Gasteiger partial charge in [-0.05, 0) is 35.7 Å². The van der Waals surface area contributed by atoms with E-state index in [9.17, 15) is 18.0 Å². The van der Waals surface area contributed by atoms with Gasteiger partial charge in [-0.3, -0.25) is 4.79 Å². The second kappa shape index (κ2) is 9.81. The number of carbonyl (C=O) groups is 1. The van der Waals surface area contributed by atoms with Crippen LogP contribution in [0.25, 0.3) is 10.9 Å². The highest BCUT2D eigenvalue weighted by Crippen LogP contribution is 2.29. The normalized spacial score (nSPS) is 12.7. The maximum atomic E-state index is 13.7. The molecule has 0 fully saturated rings. The Morgan fingerprint density at radius 2 is 1.61 bits per heavy atom. The van der Waals surface area contributed by atoms with Crippen LogP contribution in [0, 0.1) is 0 Å². The molecule has 4 aromatic rings. The first-order valence-electron chi connectivity index (χ1n) is 10.5. The van der Waals surface area contributed by atoms with E-state index in [0.717, 1.165) is 15.7 Å².